The van der Waals surface area contributed by atoms with Crippen molar-refractivity contribution < 1.29 is 19.4 Å². The van der Waals surface area contributed by atoms with Crippen molar-refractivity contribution in [3.8, 4) is 0 Å². The Labute approximate surface area is 161 Å². The minimum absolute atomic E-state index is 0. The average Bonchev–Trinajstić information content (AvgIpc) is 2.72. The van der Waals surface area contributed by atoms with E-state index in [1.54, 1.807) is 6.92 Å². The third-order valence-electron chi connectivity index (χ3n) is 5.68. The number of carbonyl (C=O) groups is 2. The standard InChI is InChI=1S/C14H22O2.C4H6O2.Na.H/c1-9(2)12(15)16-11-8-10-6-7-14(11,5)13(10,3)4;1-3(2)4(5)6;;/h10-11H,1,6-8H2,2-5H3;1H2,2H3,(H,5,6);;. The van der Waals surface area contributed by atoms with Gasteiger partial charge in [0, 0.05) is 16.6 Å². The summed E-state index contributed by atoms with van der Waals surface area (Å²) in [4.78, 5) is 21.2. The topological polar surface area (TPSA) is 63.6 Å². The van der Waals surface area contributed by atoms with Crippen LogP contribution in [0.1, 0.15) is 53.9 Å². The van der Waals surface area contributed by atoms with E-state index in [9.17, 15) is 9.59 Å². The van der Waals surface area contributed by atoms with Crippen molar-refractivity contribution in [2.45, 2.75) is 60.0 Å². The van der Waals surface area contributed by atoms with Crippen LogP contribution < -0.4 is 0 Å². The van der Waals surface area contributed by atoms with Crippen molar-refractivity contribution in [2.24, 2.45) is 16.7 Å². The summed E-state index contributed by atoms with van der Waals surface area (Å²) in [7, 11) is 0. The van der Waals surface area contributed by atoms with Gasteiger partial charge in [0.15, 0.2) is 0 Å². The molecule has 0 spiro atoms. The van der Waals surface area contributed by atoms with Gasteiger partial charge in [0.1, 0.15) is 6.10 Å². The van der Waals surface area contributed by atoms with E-state index in [4.69, 9.17) is 9.84 Å². The first-order valence-electron chi connectivity index (χ1n) is 7.68. The van der Waals surface area contributed by atoms with Crippen molar-refractivity contribution >= 4 is 41.5 Å². The quantitative estimate of drug-likeness (QED) is 0.489. The molecule has 23 heavy (non-hydrogen) atoms. The monoisotopic (exact) mass is 332 g/mol. The molecule has 126 valence electrons. The zero-order valence-corrected chi connectivity index (χ0v) is 14.4. The van der Waals surface area contributed by atoms with Crippen LogP contribution in [0.25, 0.3) is 0 Å². The van der Waals surface area contributed by atoms with E-state index in [-0.39, 0.29) is 52.6 Å². The summed E-state index contributed by atoms with van der Waals surface area (Å²) in [6.45, 7) is 16.9. The molecule has 0 aromatic carbocycles. The van der Waals surface area contributed by atoms with E-state index in [2.05, 4.69) is 33.9 Å². The molecule has 2 aliphatic carbocycles. The first-order chi connectivity index (χ1) is 9.93. The van der Waals surface area contributed by atoms with Gasteiger partial charge in [0.25, 0.3) is 0 Å². The SMILES string of the molecule is C=C(C)C(=O)O.C=C(C)C(=O)OC1CC2CCC1(C)C2(C)C.[NaH]. The molecule has 2 rings (SSSR count). The van der Waals surface area contributed by atoms with E-state index in [0.29, 0.717) is 16.9 Å². The third kappa shape index (κ3) is 4.49. The molecule has 0 radical (unpaired) electrons. The van der Waals surface area contributed by atoms with E-state index in [1.165, 1.54) is 19.8 Å². The number of esters is 1. The number of rotatable bonds is 3. The fourth-order valence-electron chi connectivity index (χ4n) is 3.54. The number of aliphatic carboxylic acids is 1. The summed E-state index contributed by atoms with van der Waals surface area (Å²) in [6.07, 6.45) is 3.58. The van der Waals surface area contributed by atoms with Crippen molar-refractivity contribution in [1.82, 2.24) is 0 Å². The van der Waals surface area contributed by atoms with Crippen LogP contribution in [0.5, 0.6) is 0 Å². The normalized spacial score (nSPS) is 29.6. The number of carboxylic acids is 1. The molecular weight excluding hydrogens is 303 g/mol. The van der Waals surface area contributed by atoms with Gasteiger partial charge in [-0.1, -0.05) is 33.9 Å². The Kier molecular flexibility index (Phi) is 7.80. The van der Waals surface area contributed by atoms with E-state index in [1.807, 2.05) is 0 Å². The van der Waals surface area contributed by atoms with Crippen molar-refractivity contribution in [1.29, 1.82) is 0 Å². The van der Waals surface area contributed by atoms with Crippen molar-refractivity contribution in [2.75, 3.05) is 0 Å². The molecule has 2 aliphatic rings. The van der Waals surface area contributed by atoms with Gasteiger partial charge in [-0.3, -0.25) is 0 Å². The number of carbonyl (C=O) groups excluding carboxylic acids is 1. The van der Waals surface area contributed by atoms with Crippen LogP contribution >= 0.6 is 0 Å². The molecule has 1 N–H and O–H groups in total. The molecule has 5 heteroatoms. The van der Waals surface area contributed by atoms with Crippen molar-refractivity contribution in [3.63, 3.8) is 0 Å². The Morgan fingerprint density at radius 1 is 1.13 bits per heavy atom. The second-order valence-electron chi connectivity index (χ2n) is 7.37. The first kappa shape index (κ1) is 22.4. The van der Waals surface area contributed by atoms with Crippen LogP contribution in [0.2, 0.25) is 0 Å². The van der Waals surface area contributed by atoms with E-state index in [0.717, 1.165) is 6.42 Å². The minimum atomic E-state index is -0.935. The van der Waals surface area contributed by atoms with Crippen molar-refractivity contribution in [3.05, 3.63) is 24.3 Å². The maximum atomic E-state index is 11.6. The summed E-state index contributed by atoms with van der Waals surface area (Å²) < 4.78 is 5.61. The molecule has 4 nitrogen and oxygen atoms in total. The van der Waals surface area contributed by atoms with Gasteiger partial charge in [0.05, 0.1) is 0 Å². The van der Waals surface area contributed by atoms with Gasteiger partial charge < -0.3 is 9.84 Å². The molecule has 3 atom stereocenters. The van der Waals surface area contributed by atoms with Crippen LogP contribution in [-0.2, 0) is 14.3 Å². The molecule has 0 aromatic rings. The van der Waals surface area contributed by atoms with Crippen LogP contribution in [-0.4, -0.2) is 52.7 Å². The Balaban J connectivity index is 0.000000599. The fraction of sp³-hybridized carbons (Fsp3) is 0.667. The molecule has 0 saturated heterocycles. The van der Waals surface area contributed by atoms with Gasteiger partial charge >= 0.3 is 41.5 Å². The van der Waals surface area contributed by atoms with Crippen LogP contribution in [0.3, 0.4) is 0 Å². The number of carboxylic acid groups (broad SMARTS) is 1. The Morgan fingerprint density at radius 3 is 1.87 bits per heavy atom. The van der Waals surface area contributed by atoms with Gasteiger partial charge in [-0.2, -0.15) is 0 Å². The average molecular weight is 332 g/mol. The number of ether oxygens (including phenoxy) is 1. The summed E-state index contributed by atoms with van der Waals surface area (Å²) in [5.41, 5.74) is 1.13. The molecule has 0 aromatic heterocycles. The maximum absolute atomic E-state index is 11.6. The number of hydrogen-bond donors (Lipinski definition) is 1. The molecule has 0 amide bonds. The van der Waals surface area contributed by atoms with Crippen LogP contribution in [0.15, 0.2) is 24.3 Å². The van der Waals surface area contributed by atoms with E-state index >= 15 is 0 Å². The van der Waals surface area contributed by atoms with Crippen LogP contribution in [0, 0.1) is 16.7 Å². The molecule has 2 fully saturated rings. The summed E-state index contributed by atoms with van der Waals surface area (Å²) in [6, 6.07) is 0. The second kappa shape index (κ2) is 8.00. The van der Waals surface area contributed by atoms with Crippen LogP contribution in [0.4, 0.5) is 0 Å². The second-order valence-corrected chi connectivity index (χ2v) is 7.37. The van der Waals surface area contributed by atoms with Gasteiger partial charge in [-0.15, -0.1) is 0 Å². The molecule has 0 heterocycles. The molecule has 0 aliphatic heterocycles. The predicted molar refractivity (Wildman–Crippen MR) is 93.5 cm³/mol. The zero-order valence-electron chi connectivity index (χ0n) is 14.4. The van der Waals surface area contributed by atoms with Gasteiger partial charge in [-0.25, -0.2) is 9.59 Å². The third-order valence-corrected chi connectivity index (χ3v) is 5.68. The van der Waals surface area contributed by atoms with Gasteiger partial charge in [-0.05, 0) is 44.4 Å². The molecule has 2 bridgehead atoms. The van der Waals surface area contributed by atoms with Gasteiger partial charge in [0.2, 0.25) is 0 Å². The summed E-state index contributed by atoms with van der Waals surface area (Å²) >= 11 is 0. The number of fused-ring (bicyclic) bond motifs is 2. The first-order valence-corrected chi connectivity index (χ1v) is 7.68. The summed E-state index contributed by atoms with van der Waals surface area (Å²) in [5.74, 6) is -0.454. The zero-order chi connectivity index (χ0) is 17.3. The Bertz CT molecular complexity index is 497. The number of hydrogen-bond acceptors (Lipinski definition) is 3. The molecule has 3 unspecified atom stereocenters. The van der Waals surface area contributed by atoms with E-state index < -0.39 is 5.97 Å². The Morgan fingerprint density at radius 2 is 1.61 bits per heavy atom. The fourth-order valence-corrected chi connectivity index (χ4v) is 3.54. The predicted octanol–water partition coefficient (Wildman–Crippen LogP) is 3.32. The Hall–Kier alpha value is -0.580. The molecule has 2 saturated carbocycles. The molecular formula is C18H29NaO4. The summed E-state index contributed by atoms with van der Waals surface area (Å²) in [5, 5.41) is 7.89.